The maximum Gasteiger partial charge on any atom is 0.413 e. The molecule has 232 valence electrons. The number of hydrogen-bond acceptors (Lipinski definition) is 8. The standard InChI is InChI=1S/C31H30ClF3N10/c1-18-21(6-5-7-25(18)44-16-39-40-17-44)28(24-14-45(43-42-24)30(8-9-30)31(33,34)35)41-20-10-22-26(38-15-29(2,3)4)19(12-36)13-37-27(22)23(32)11-20/h5-7,10-11,13-14,16-17,28,41H,8-9,15H2,1-4H3,(H,37,38). The number of aromatic nitrogens is 7. The molecule has 2 N–H and O–H groups in total. The molecule has 0 amide bonds. The minimum Gasteiger partial charge on any atom is -0.383 e. The second-order valence-electron chi connectivity index (χ2n) is 12.5. The quantitative estimate of drug-likeness (QED) is 0.188. The molecule has 0 bridgehead atoms. The summed E-state index contributed by atoms with van der Waals surface area (Å²) in [5, 5.41) is 33.7. The highest BCUT2D eigenvalue weighted by Gasteiger charge is 2.66. The van der Waals surface area contributed by atoms with E-state index in [1.54, 1.807) is 23.3 Å². The summed E-state index contributed by atoms with van der Waals surface area (Å²) in [7, 11) is 0. The lowest BCUT2D eigenvalue weighted by molar-refractivity contribution is -0.182. The Bertz CT molecular complexity index is 1920. The van der Waals surface area contributed by atoms with Crippen LogP contribution in [0.4, 0.5) is 24.5 Å². The fourth-order valence-corrected chi connectivity index (χ4v) is 5.65. The molecule has 1 atom stereocenters. The summed E-state index contributed by atoms with van der Waals surface area (Å²) in [5.41, 5.74) is 2.53. The molecule has 1 aliphatic rings. The molecule has 2 aromatic carbocycles. The van der Waals surface area contributed by atoms with Crippen LogP contribution in [0.5, 0.6) is 0 Å². The van der Waals surface area contributed by atoms with Crippen molar-refractivity contribution < 1.29 is 13.2 Å². The fourth-order valence-electron chi connectivity index (χ4n) is 5.39. The monoisotopic (exact) mass is 634 g/mol. The van der Waals surface area contributed by atoms with Crippen molar-refractivity contribution in [3.63, 3.8) is 0 Å². The summed E-state index contributed by atoms with van der Waals surface area (Å²) in [5.74, 6) is 0. The van der Waals surface area contributed by atoms with Gasteiger partial charge in [0.25, 0.3) is 0 Å². The van der Waals surface area contributed by atoms with Crippen molar-refractivity contribution >= 4 is 33.9 Å². The number of halogens is 4. The SMILES string of the molecule is Cc1c(C(Nc2cc(Cl)c3ncc(C#N)c(NCC(C)(C)C)c3c2)c2cn(C3(C(F)(F)F)CC3)nn2)cccc1-n1cnnc1. The molecule has 0 radical (unpaired) electrons. The molecule has 5 aromatic rings. The Labute approximate surface area is 262 Å². The topological polar surface area (TPSA) is 122 Å². The number of benzene rings is 2. The van der Waals surface area contributed by atoms with Crippen molar-refractivity contribution in [2.45, 2.75) is 58.3 Å². The van der Waals surface area contributed by atoms with Crippen molar-refractivity contribution in [1.82, 2.24) is 34.7 Å². The zero-order chi connectivity index (χ0) is 32.1. The van der Waals surface area contributed by atoms with Crippen LogP contribution in [0.3, 0.4) is 0 Å². The molecule has 0 spiro atoms. The first-order valence-electron chi connectivity index (χ1n) is 14.3. The van der Waals surface area contributed by atoms with E-state index in [4.69, 9.17) is 11.6 Å². The third kappa shape index (κ3) is 5.66. The van der Waals surface area contributed by atoms with Crippen molar-refractivity contribution in [3.05, 3.63) is 82.8 Å². The molecule has 1 fully saturated rings. The lowest BCUT2D eigenvalue weighted by Crippen LogP contribution is -2.35. The maximum absolute atomic E-state index is 14.0. The predicted molar refractivity (Wildman–Crippen MR) is 164 cm³/mol. The summed E-state index contributed by atoms with van der Waals surface area (Å²) < 4.78 is 44.7. The van der Waals surface area contributed by atoms with Crippen LogP contribution in [0.25, 0.3) is 16.6 Å². The van der Waals surface area contributed by atoms with Gasteiger partial charge in [-0.15, -0.1) is 15.3 Å². The Hall–Kier alpha value is -4.70. The molecule has 10 nitrogen and oxygen atoms in total. The van der Waals surface area contributed by atoms with Crippen LogP contribution < -0.4 is 10.6 Å². The Balaban J connectivity index is 1.48. The number of hydrogen-bond donors (Lipinski definition) is 2. The van der Waals surface area contributed by atoms with E-state index in [9.17, 15) is 18.4 Å². The second-order valence-corrected chi connectivity index (χ2v) is 12.9. The number of nitrogens with one attached hydrogen (secondary N) is 2. The summed E-state index contributed by atoms with van der Waals surface area (Å²) >= 11 is 6.75. The third-order valence-corrected chi connectivity index (χ3v) is 8.29. The van der Waals surface area contributed by atoms with Gasteiger partial charge in [0.2, 0.25) is 0 Å². The fraction of sp³-hybridized carbons (Fsp3) is 0.355. The Morgan fingerprint density at radius 2 is 1.87 bits per heavy atom. The average Bonchev–Trinajstić information content (AvgIpc) is 3.38. The van der Waals surface area contributed by atoms with E-state index in [0.717, 1.165) is 21.5 Å². The van der Waals surface area contributed by atoms with Gasteiger partial charge in [-0.3, -0.25) is 9.55 Å². The van der Waals surface area contributed by atoms with Gasteiger partial charge in [-0.25, -0.2) is 4.68 Å². The number of nitrogens with zero attached hydrogens (tertiary/aromatic N) is 8. The number of fused-ring (bicyclic) bond motifs is 1. The van der Waals surface area contributed by atoms with Crippen LogP contribution in [-0.2, 0) is 5.54 Å². The van der Waals surface area contributed by atoms with E-state index in [-0.39, 0.29) is 18.3 Å². The number of rotatable bonds is 8. The van der Waals surface area contributed by atoms with Crippen LogP contribution in [0, 0.1) is 23.7 Å². The summed E-state index contributed by atoms with van der Waals surface area (Å²) in [6, 6.07) is 10.6. The lowest BCUT2D eigenvalue weighted by atomic mass is 9.96. The van der Waals surface area contributed by atoms with Gasteiger partial charge in [0.05, 0.1) is 39.7 Å². The Morgan fingerprint density at radius 1 is 1.13 bits per heavy atom. The number of nitriles is 1. The predicted octanol–water partition coefficient (Wildman–Crippen LogP) is 6.95. The highest BCUT2D eigenvalue weighted by atomic mass is 35.5. The van der Waals surface area contributed by atoms with Gasteiger partial charge in [-0.1, -0.05) is 49.7 Å². The van der Waals surface area contributed by atoms with E-state index in [0.29, 0.717) is 45.1 Å². The molecular weight excluding hydrogens is 605 g/mol. The van der Waals surface area contributed by atoms with Crippen LogP contribution in [-0.4, -0.2) is 47.5 Å². The molecule has 1 saturated carbocycles. The third-order valence-electron chi connectivity index (χ3n) is 8.00. The van der Waals surface area contributed by atoms with E-state index in [1.165, 1.54) is 12.4 Å². The van der Waals surface area contributed by atoms with Gasteiger partial charge in [0, 0.05) is 23.8 Å². The van der Waals surface area contributed by atoms with Crippen molar-refractivity contribution in [2.24, 2.45) is 5.41 Å². The minimum atomic E-state index is -4.46. The molecule has 0 aliphatic heterocycles. The number of alkyl halides is 3. The minimum absolute atomic E-state index is 0.0572. The molecule has 1 aliphatic carbocycles. The molecule has 14 heteroatoms. The maximum atomic E-state index is 14.0. The van der Waals surface area contributed by atoms with Crippen LogP contribution in [0.15, 0.2) is 55.4 Å². The number of pyridine rings is 1. The van der Waals surface area contributed by atoms with Crippen LogP contribution >= 0.6 is 11.6 Å². The molecule has 3 aromatic heterocycles. The molecule has 3 heterocycles. The summed E-state index contributed by atoms with van der Waals surface area (Å²) in [4.78, 5) is 4.44. The first-order valence-corrected chi connectivity index (χ1v) is 14.7. The van der Waals surface area contributed by atoms with E-state index in [1.807, 2.05) is 31.2 Å². The Morgan fingerprint density at radius 3 is 2.51 bits per heavy atom. The number of anilines is 2. The summed E-state index contributed by atoms with van der Waals surface area (Å²) in [6.07, 6.45) is 1.41. The largest absolute Gasteiger partial charge is 0.413 e. The zero-order valence-electron chi connectivity index (χ0n) is 25.0. The molecule has 45 heavy (non-hydrogen) atoms. The summed E-state index contributed by atoms with van der Waals surface area (Å²) in [6.45, 7) is 8.72. The molecule has 0 saturated heterocycles. The molecular formula is C31H30ClF3N10. The smallest absolute Gasteiger partial charge is 0.383 e. The van der Waals surface area contributed by atoms with Gasteiger partial charge >= 0.3 is 6.18 Å². The molecule has 1 unspecified atom stereocenters. The van der Waals surface area contributed by atoms with E-state index >= 15 is 0 Å². The van der Waals surface area contributed by atoms with Crippen molar-refractivity contribution in [1.29, 1.82) is 5.26 Å². The van der Waals surface area contributed by atoms with Crippen molar-refractivity contribution in [3.8, 4) is 11.8 Å². The van der Waals surface area contributed by atoms with Gasteiger partial charge < -0.3 is 10.6 Å². The van der Waals surface area contributed by atoms with Gasteiger partial charge in [0.15, 0.2) is 5.54 Å². The zero-order valence-corrected chi connectivity index (χ0v) is 25.7. The average molecular weight is 635 g/mol. The van der Waals surface area contributed by atoms with Gasteiger partial charge in [0.1, 0.15) is 24.4 Å². The first kappa shape index (κ1) is 30.3. The van der Waals surface area contributed by atoms with Crippen molar-refractivity contribution in [2.75, 3.05) is 17.2 Å². The first-order chi connectivity index (χ1) is 21.3. The highest BCUT2D eigenvalue weighted by molar-refractivity contribution is 6.35. The normalized spacial score (nSPS) is 15.1. The Kier molecular flexibility index (Phi) is 7.43. The van der Waals surface area contributed by atoms with Gasteiger partial charge in [-0.05, 0) is 54.5 Å². The van der Waals surface area contributed by atoms with Crippen LogP contribution in [0.1, 0.15) is 62.0 Å². The van der Waals surface area contributed by atoms with E-state index in [2.05, 4.69) is 63.0 Å². The van der Waals surface area contributed by atoms with Gasteiger partial charge in [-0.2, -0.15) is 18.4 Å². The molecule has 6 rings (SSSR count). The second kappa shape index (κ2) is 11.0. The highest BCUT2D eigenvalue weighted by Crippen LogP contribution is 2.55. The van der Waals surface area contributed by atoms with E-state index < -0.39 is 17.8 Å². The lowest BCUT2D eigenvalue weighted by Gasteiger charge is -2.24. The van der Waals surface area contributed by atoms with Crippen LogP contribution in [0.2, 0.25) is 5.02 Å².